The van der Waals surface area contributed by atoms with Crippen molar-refractivity contribution in [3.05, 3.63) is 59.8 Å². The molecule has 1 unspecified atom stereocenters. The lowest BCUT2D eigenvalue weighted by Gasteiger charge is -2.40. The zero-order valence-corrected chi connectivity index (χ0v) is 15.2. The van der Waals surface area contributed by atoms with E-state index in [1.807, 2.05) is 18.2 Å². The van der Waals surface area contributed by atoms with Crippen molar-refractivity contribution >= 4 is 5.82 Å². The van der Waals surface area contributed by atoms with Crippen LogP contribution in [0.25, 0.3) is 0 Å². The summed E-state index contributed by atoms with van der Waals surface area (Å²) in [6.45, 7) is 3.97. The lowest BCUT2D eigenvalue weighted by atomic mass is 9.88. The highest BCUT2D eigenvalue weighted by molar-refractivity contribution is 5.37. The number of hydrogen-bond acceptors (Lipinski definition) is 4. The molecule has 0 aliphatic carbocycles. The van der Waals surface area contributed by atoms with Crippen molar-refractivity contribution in [2.24, 2.45) is 0 Å². The number of ether oxygens (including phenoxy) is 1. The van der Waals surface area contributed by atoms with Gasteiger partial charge < -0.3 is 15.4 Å². The molecule has 1 fully saturated rings. The third-order valence-electron chi connectivity index (χ3n) is 4.97. The van der Waals surface area contributed by atoms with E-state index < -0.39 is 11.7 Å². The topological polar surface area (TPSA) is 46.2 Å². The molecule has 0 bridgehead atoms. The molecule has 4 nitrogen and oxygen atoms in total. The van der Waals surface area contributed by atoms with E-state index in [4.69, 9.17) is 4.74 Å². The molecule has 146 valence electrons. The number of alkyl halides is 3. The Balaban J connectivity index is 1.68. The lowest BCUT2D eigenvalue weighted by Crippen LogP contribution is -2.54. The summed E-state index contributed by atoms with van der Waals surface area (Å²) in [5.41, 5.74) is 0.235. The molecular weight excluding hydrogens is 355 g/mol. The number of rotatable bonds is 6. The standard InChI is InChI=1S/C20H24F3N3O/c1-15(16-5-3-2-4-6-16)26-19(9-11-27-12-10-19)14-25-18-8-7-17(13-24-18)20(21,22)23/h2-8,13,15,26H,9-12,14H2,1H3,(H,24,25). The molecular formula is C20H24F3N3O. The third-order valence-corrected chi connectivity index (χ3v) is 4.97. The van der Waals surface area contributed by atoms with Crippen LogP contribution in [0.15, 0.2) is 48.7 Å². The van der Waals surface area contributed by atoms with Crippen LogP contribution in [0.2, 0.25) is 0 Å². The average Bonchev–Trinajstić information content (AvgIpc) is 2.67. The first-order chi connectivity index (χ1) is 12.9. The molecule has 1 atom stereocenters. The van der Waals surface area contributed by atoms with E-state index in [2.05, 4.69) is 34.7 Å². The van der Waals surface area contributed by atoms with Crippen molar-refractivity contribution in [3.63, 3.8) is 0 Å². The van der Waals surface area contributed by atoms with Gasteiger partial charge in [-0.05, 0) is 37.5 Å². The summed E-state index contributed by atoms with van der Waals surface area (Å²) in [7, 11) is 0. The maximum absolute atomic E-state index is 12.7. The summed E-state index contributed by atoms with van der Waals surface area (Å²) in [5.74, 6) is 0.433. The second-order valence-electron chi connectivity index (χ2n) is 6.95. The number of nitrogens with one attached hydrogen (secondary N) is 2. The van der Waals surface area contributed by atoms with Crippen LogP contribution in [0.3, 0.4) is 0 Å². The maximum atomic E-state index is 12.7. The minimum atomic E-state index is -4.37. The number of anilines is 1. The van der Waals surface area contributed by atoms with Gasteiger partial charge in [-0.15, -0.1) is 0 Å². The second kappa shape index (κ2) is 8.27. The molecule has 0 radical (unpaired) electrons. The van der Waals surface area contributed by atoms with Crippen LogP contribution in [0, 0.1) is 0 Å². The number of nitrogens with zero attached hydrogens (tertiary/aromatic N) is 1. The maximum Gasteiger partial charge on any atom is 0.417 e. The molecule has 2 N–H and O–H groups in total. The van der Waals surface area contributed by atoms with Gasteiger partial charge in [-0.3, -0.25) is 0 Å². The largest absolute Gasteiger partial charge is 0.417 e. The van der Waals surface area contributed by atoms with Crippen molar-refractivity contribution in [2.75, 3.05) is 25.1 Å². The van der Waals surface area contributed by atoms with Gasteiger partial charge >= 0.3 is 6.18 Å². The van der Waals surface area contributed by atoms with E-state index in [1.54, 1.807) is 0 Å². The first-order valence-electron chi connectivity index (χ1n) is 9.06. The van der Waals surface area contributed by atoms with E-state index in [0.717, 1.165) is 25.1 Å². The van der Waals surface area contributed by atoms with Gasteiger partial charge in [0, 0.05) is 37.5 Å². The Morgan fingerprint density at radius 2 is 1.81 bits per heavy atom. The molecule has 2 heterocycles. The summed E-state index contributed by atoms with van der Waals surface area (Å²) in [6.07, 6.45) is -1.88. The van der Waals surface area contributed by atoms with Crippen LogP contribution in [-0.4, -0.2) is 30.3 Å². The lowest BCUT2D eigenvalue weighted by molar-refractivity contribution is -0.137. The zero-order valence-electron chi connectivity index (χ0n) is 15.2. The Morgan fingerprint density at radius 3 is 2.41 bits per heavy atom. The summed E-state index contributed by atoms with van der Waals surface area (Å²) >= 11 is 0. The van der Waals surface area contributed by atoms with Gasteiger partial charge in [0.15, 0.2) is 0 Å². The normalized spacial score (nSPS) is 18.1. The monoisotopic (exact) mass is 379 g/mol. The Kier molecular flexibility index (Phi) is 6.01. The summed E-state index contributed by atoms with van der Waals surface area (Å²) < 4.78 is 43.5. The average molecular weight is 379 g/mol. The quantitative estimate of drug-likeness (QED) is 0.780. The molecule has 0 saturated carbocycles. The molecule has 1 saturated heterocycles. The smallest absolute Gasteiger partial charge is 0.381 e. The van der Waals surface area contributed by atoms with Gasteiger partial charge in [-0.1, -0.05) is 30.3 Å². The predicted octanol–water partition coefficient (Wildman–Crippen LogP) is 4.41. The van der Waals surface area contributed by atoms with Gasteiger partial charge in [0.1, 0.15) is 5.82 Å². The number of benzene rings is 1. The van der Waals surface area contributed by atoms with Crippen molar-refractivity contribution in [3.8, 4) is 0 Å². The van der Waals surface area contributed by atoms with E-state index in [-0.39, 0.29) is 11.6 Å². The Morgan fingerprint density at radius 1 is 1.11 bits per heavy atom. The first kappa shape index (κ1) is 19.6. The molecule has 27 heavy (non-hydrogen) atoms. The minimum Gasteiger partial charge on any atom is -0.381 e. The number of aromatic nitrogens is 1. The van der Waals surface area contributed by atoms with Crippen LogP contribution in [0.4, 0.5) is 19.0 Å². The van der Waals surface area contributed by atoms with Crippen molar-refractivity contribution in [1.29, 1.82) is 0 Å². The van der Waals surface area contributed by atoms with Crippen molar-refractivity contribution in [1.82, 2.24) is 10.3 Å². The molecule has 3 rings (SSSR count). The number of halogens is 3. The van der Waals surface area contributed by atoms with E-state index in [9.17, 15) is 13.2 Å². The van der Waals surface area contributed by atoms with Gasteiger partial charge in [-0.25, -0.2) is 4.98 Å². The van der Waals surface area contributed by atoms with E-state index >= 15 is 0 Å². The molecule has 0 spiro atoms. The predicted molar refractivity (Wildman–Crippen MR) is 98.5 cm³/mol. The van der Waals surface area contributed by atoms with Crippen LogP contribution in [-0.2, 0) is 10.9 Å². The molecule has 1 aliphatic heterocycles. The molecule has 1 aromatic heterocycles. The summed E-state index contributed by atoms with van der Waals surface area (Å²) in [6, 6.07) is 12.7. The minimum absolute atomic E-state index is 0.145. The molecule has 0 amide bonds. The van der Waals surface area contributed by atoms with Crippen LogP contribution >= 0.6 is 0 Å². The Hall–Kier alpha value is -2.12. The van der Waals surface area contributed by atoms with Crippen molar-refractivity contribution in [2.45, 2.75) is 37.5 Å². The SMILES string of the molecule is CC(NC1(CNc2ccc(C(F)(F)F)cn2)CCOCC1)c1ccccc1. The molecule has 2 aromatic rings. The fraction of sp³-hybridized carbons (Fsp3) is 0.450. The van der Waals surface area contributed by atoms with Gasteiger partial charge in [0.2, 0.25) is 0 Å². The van der Waals surface area contributed by atoms with Gasteiger partial charge in [-0.2, -0.15) is 13.2 Å². The second-order valence-corrected chi connectivity index (χ2v) is 6.95. The highest BCUT2D eigenvalue weighted by atomic mass is 19.4. The van der Waals surface area contributed by atoms with Crippen LogP contribution in [0.1, 0.15) is 36.9 Å². The zero-order chi connectivity index (χ0) is 19.3. The van der Waals surface area contributed by atoms with Gasteiger partial charge in [0.25, 0.3) is 0 Å². The number of hydrogen-bond donors (Lipinski definition) is 2. The van der Waals surface area contributed by atoms with E-state index in [0.29, 0.717) is 25.6 Å². The highest BCUT2D eigenvalue weighted by Gasteiger charge is 2.34. The van der Waals surface area contributed by atoms with Crippen LogP contribution < -0.4 is 10.6 Å². The summed E-state index contributed by atoms with van der Waals surface area (Å²) in [4.78, 5) is 3.91. The fourth-order valence-electron chi connectivity index (χ4n) is 3.34. The third kappa shape index (κ3) is 5.20. The van der Waals surface area contributed by atoms with Crippen molar-refractivity contribution < 1.29 is 17.9 Å². The number of pyridine rings is 1. The van der Waals surface area contributed by atoms with E-state index in [1.165, 1.54) is 11.6 Å². The Labute approximate surface area is 157 Å². The highest BCUT2D eigenvalue weighted by Crippen LogP contribution is 2.29. The fourth-order valence-corrected chi connectivity index (χ4v) is 3.34. The molecule has 1 aromatic carbocycles. The van der Waals surface area contributed by atoms with Gasteiger partial charge in [0.05, 0.1) is 5.56 Å². The molecule has 7 heteroatoms. The Bertz CT molecular complexity index is 714. The van der Waals surface area contributed by atoms with Crippen LogP contribution in [0.5, 0.6) is 0 Å². The molecule has 1 aliphatic rings. The summed E-state index contributed by atoms with van der Waals surface area (Å²) in [5, 5.41) is 6.90. The first-order valence-corrected chi connectivity index (χ1v) is 9.06.